The molecule has 17 heavy (non-hydrogen) atoms. The molecule has 0 bridgehead atoms. The third-order valence-corrected chi connectivity index (χ3v) is 5.35. The molecule has 0 aromatic rings. The summed E-state index contributed by atoms with van der Waals surface area (Å²) >= 11 is 0. The number of rotatable bonds is 2. The van der Waals surface area contributed by atoms with Crippen molar-refractivity contribution in [3.63, 3.8) is 0 Å². The molecule has 0 amide bonds. The average Bonchev–Trinajstić information content (AvgIpc) is 2.29. The summed E-state index contributed by atoms with van der Waals surface area (Å²) in [7, 11) is -3.39. The van der Waals surface area contributed by atoms with Crippen molar-refractivity contribution in [2.24, 2.45) is 0 Å². The zero-order valence-electron chi connectivity index (χ0n) is 10.2. The molecule has 1 unspecified atom stereocenters. The number of hydrogen-bond donors (Lipinski definition) is 2. The topological polar surface area (TPSA) is 72.9 Å². The van der Waals surface area contributed by atoms with Crippen LogP contribution in [0.15, 0.2) is 0 Å². The van der Waals surface area contributed by atoms with Gasteiger partial charge in [-0.05, 0) is 19.8 Å². The molecular weight excluding hydrogens is 242 g/mol. The van der Waals surface area contributed by atoms with Crippen molar-refractivity contribution in [3.8, 4) is 0 Å². The molecule has 1 atom stereocenters. The Morgan fingerprint density at radius 2 is 1.82 bits per heavy atom. The first kappa shape index (κ1) is 13.2. The van der Waals surface area contributed by atoms with Gasteiger partial charge in [-0.3, -0.25) is 0 Å². The molecule has 2 aliphatic rings. The lowest BCUT2D eigenvalue weighted by molar-refractivity contribution is 0.00766. The van der Waals surface area contributed by atoms with Gasteiger partial charge >= 0.3 is 0 Å². The molecule has 0 aromatic carbocycles. The highest BCUT2D eigenvalue weighted by Gasteiger charge is 2.37. The Kier molecular flexibility index (Phi) is 3.74. The molecule has 2 aliphatic heterocycles. The maximum Gasteiger partial charge on any atom is 0.282 e. The normalized spacial score (nSPS) is 33.8. The van der Waals surface area contributed by atoms with Gasteiger partial charge in [-0.25, -0.2) is 0 Å². The van der Waals surface area contributed by atoms with Crippen LogP contribution < -0.4 is 5.32 Å². The summed E-state index contributed by atoms with van der Waals surface area (Å²) in [5.74, 6) is 0. The van der Waals surface area contributed by atoms with E-state index in [9.17, 15) is 13.5 Å². The van der Waals surface area contributed by atoms with Gasteiger partial charge in [0.05, 0.1) is 5.60 Å². The van der Waals surface area contributed by atoms with E-state index in [-0.39, 0.29) is 6.54 Å². The summed E-state index contributed by atoms with van der Waals surface area (Å²) < 4.78 is 27.6. The van der Waals surface area contributed by atoms with Crippen LogP contribution in [0.2, 0.25) is 0 Å². The number of aliphatic hydroxyl groups is 1. The highest BCUT2D eigenvalue weighted by molar-refractivity contribution is 7.86. The molecule has 0 aliphatic carbocycles. The van der Waals surface area contributed by atoms with Crippen LogP contribution in [0.5, 0.6) is 0 Å². The molecular formula is C10H21N3O3S. The van der Waals surface area contributed by atoms with Crippen LogP contribution in [0.25, 0.3) is 0 Å². The predicted molar refractivity (Wildman–Crippen MR) is 64.8 cm³/mol. The van der Waals surface area contributed by atoms with Crippen molar-refractivity contribution in [1.82, 2.24) is 13.9 Å². The number of β-amino-alcohol motifs (C(OH)–C–C–N with tert-alkyl or cyclic N) is 1. The molecule has 2 fully saturated rings. The lowest BCUT2D eigenvalue weighted by Gasteiger charge is -2.39. The second kappa shape index (κ2) is 4.81. The van der Waals surface area contributed by atoms with E-state index in [4.69, 9.17) is 0 Å². The summed E-state index contributed by atoms with van der Waals surface area (Å²) in [6.07, 6.45) is 1.39. The first-order chi connectivity index (χ1) is 7.92. The minimum Gasteiger partial charge on any atom is -0.389 e. The van der Waals surface area contributed by atoms with Gasteiger partial charge in [-0.15, -0.1) is 0 Å². The molecule has 0 radical (unpaired) electrons. The summed E-state index contributed by atoms with van der Waals surface area (Å²) in [6.45, 7) is 4.85. The molecule has 2 saturated heterocycles. The van der Waals surface area contributed by atoms with Crippen LogP contribution >= 0.6 is 0 Å². The van der Waals surface area contributed by atoms with Crippen LogP contribution in [0.3, 0.4) is 0 Å². The van der Waals surface area contributed by atoms with Crippen molar-refractivity contribution in [2.45, 2.75) is 25.4 Å². The quantitative estimate of drug-likeness (QED) is 0.669. The largest absolute Gasteiger partial charge is 0.389 e. The fraction of sp³-hybridized carbons (Fsp3) is 1.00. The predicted octanol–water partition coefficient (Wildman–Crippen LogP) is -1.02. The Morgan fingerprint density at radius 3 is 2.41 bits per heavy atom. The molecule has 100 valence electrons. The summed E-state index contributed by atoms with van der Waals surface area (Å²) in [5, 5.41) is 13.1. The second-order valence-electron chi connectivity index (χ2n) is 5.09. The van der Waals surface area contributed by atoms with Gasteiger partial charge in [0.15, 0.2) is 0 Å². The minimum absolute atomic E-state index is 0.208. The van der Waals surface area contributed by atoms with Gasteiger partial charge in [0.1, 0.15) is 0 Å². The lowest BCUT2D eigenvalue weighted by Crippen LogP contribution is -2.56. The van der Waals surface area contributed by atoms with Crippen LogP contribution in [0, 0.1) is 0 Å². The SMILES string of the molecule is CC1(O)CCCN(S(=O)(=O)N2CCNCC2)C1. The Hall–Kier alpha value is -0.210. The standard InChI is InChI=1S/C10H21N3O3S/c1-10(14)3-2-6-13(9-10)17(15,16)12-7-4-11-5-8-12/h11,14H,2-9H2,1H3. The van der Waals surface area contributed by atoms with E-state index >= 15 is 0 Å². The summed E-state index contributed by atoms with van der Waals surface area (Å²) in [5.41, 5.74) is -0.890. The van der Waals surface area contributed by atoms with Gasteiger partial charge in [0.25, 0.3) is 10.2 Å². The van der Waals surface area contributed by atoms with E-state index in [1.807, 2.05) is 0 Å². The molecule has 6 nitrogen and oxygen atoms in total. The molecule has 2 N–H and O–H groups in total. The third-order valence-electron chi connectivity index (χ3n) is 3.37. The molecule has 0 aromatic heterocycles. The maximum atomic E-state index is 12.3. The first-order valence-electron chi connectivity index (χ1n) is 6.10. The van der Waals surface area contributed by atoms with Gasteiger partial charge in [0.2, 0.25) is 0 Å². The summed E-state index contributed by atoms with van der Waals surface area (Å²) in [6, 6.07) is 0. The molecule has 0 spiro atoms. The maximum absolute atomic E-state index is 12.3. The number of nitrogens with one attached hydrogen (secondary N) is 1. The molecule has 2 heterocycles. The van der Waals surface area contributed by atoms with Crippen molar-refractivity contribution < 1.29 is 13.5 Å². The fourth-order valence-corrected chi connectivity index (χ4v) is 4.18. The fourth-order valence-electron chi connectivity index (χ4n) is 2.41. The van der Waals surface area contributed by atoms with Crippen LogP contribution in [-0.2, 0) is 10.2 Å². The molecule has 2 rings (SSSR count). The third kappa shape index (κ3) is 2.97. The van der Waals surface area contributed by atoms with Gasteiger partial charge in [-0.2, -0.15) is 17.0 Å². The van der Waals surface area contributed by atoms with Crippen molar-refractivity contribution in [3.05, 3.63) is 0 Å². The highest BCUT2D eigenvalue weighted by Crippen LogP contribution is 2.24. The van der Waals surface area contributed by atoms with Crippen molar-refractivity contribution in [2.75, 3.05) is 39.3 Å². The Bertz CT molecular complexity index is 363. The van der Waals surface area contributed by atoms with Crippen molar-refractivity contribution in [1.29, 1.82) is 0 Å². The highest BCUT2D eigenvalue weighted by atomic mass is 32.2. The van der Waals surface area contributed by atoms with E-state index in [2.05, 4.69) is 5.32 Å². The molecule has 0 saturated carbocycles. The average molecular weight is 263 g/mol. The Morgan fingerprint density at radius 1 is 1.18 bits per heavy atom. The first-order valence-corrected chi connectivity index (χ1v) is 7.50. The second-order valence-corrected chi connectivity index (χ2v) is 7.02. The van der Waals surface area contributed by atoms with Gasteiger partial charge < -0.3 is 10.4 Å². The molecule has 7 heteroatoms. The van der Waals surface area contributed by atoms with E-state index < -0.39 is 15.8 Å². The number of hydrogen-bond acceptors (Lipinski definition) is 4. The summed E-state index contributed by atoms with van der Waals surface area (Å²) in [4.78, 5) is 0. The van der Waals surface area contributed by atoms with Crippen LogP contribution in [0.1, 0.15) is 19.8 Å². The monoisotopic (exact) mass is 263 g/mol. The van der Waals surface area contributed by atoms with E-state index in [0.29, 0.717) is 39.1 Å². The van der Waals surface area contributed by atoms with E-state index in [1.54, 1.807) is 6.92 Å². The van der Waals surface area contributed by atoms with Crippen molar-refractivity contribution >= 4 is 10.2 Å². The zero-order valence-corrected chi connectivity index (χ0v) is 11.0. The zero-order chi connectivity index (χ0) is 12.5. The van der Waals surface area contributed by atoms with Gasteiger partial charge in [0, 0.05) is 39.3 Å². The Labute approximate surface area is 103 Å². The van der Waals surface area contributed by atoms with Crippen LogP contribution in [0.4, 0.5) is 0 Å². The van der Waals surface area contributed by atoms with E-state index in [1.165, 1.54) is 8.61 Å². The lowest BCUT2D eigenvalue weighted by atomic mass is 9.97. The number of nitrogens with zero attached hydrogens (tertiary/aromatic N) is 2. The number of piperidine rings is 1. The van der Waals surface area contributed by atoms with Crippen LogP contribution in [-0.4, -0.2) is 67.0 Å². The van der Waals surface area contributed by atoms with Gasteiger partial charge in [-0.1, -0.05) is 0 Å². The van der Waals surface area contributed by atoms with E-state index in [0.717, 1.165) is 6.42 Å². The number of piperazine rings is 1. The smallest absolute Gasteiger partial charge is 0.282 e. The Balaban J connectivity index is 2.09. The minimum atomic E-state index is -3.39.